The van der Waals surface area contributed by atoms with Crippen molar-refractivity contribution in [2.24, 2.45) is 5.92 Å². The van der Waals surface area contributed by atoms with E-state index in [0.717, 1.165) is 45.0 Å². The largest absolute Gasteiger partial charge is 0.381 e. The maximum absolute atomic E-state index is 12.8. The summed E-state index contributed by atoms with van der Waals surface area (Å²) in [4.78, 5) is 13.5. The van der Waals surface area contributed by atoms with Crippen LogP contribution in [0.15, 0.2) is 53.8 Å². The van der Waals surface area contributed by atoms with Gasteiger partial charge >= 0.3 is 0 Å². The number of nitrogens with one attached hydrogen (secondary N) is 2. The van der Waals surface area contributed by atoms with Gasteiger partial charge in [0.15, 0.2) is 9.84 Å². The summed E-state index contributed by atoms with van der Waals surface area (Å²) >= 11 is 1.62. The van der Waals surface area contributed by atoms with Crippen LogP contribution in [0.2, 0.25) is 0 Å². The quantitative estimate of drug-likeness (QED) is 0.434. The standard InChI is InChI=1S/C23H21N5O2S2/c1-14-11-27-23(31-14)20-12-26-22-19(5-6-25-22)21(20)28-17-7-16(8-17)13-32(29,30)18-4-2-3-15(9-18)10-24/h2-6,9,11-12,16-17H,7-8,13H2,1H3,(H2,25,26,28). The number of nitrogens with zero attached hydrogens (tertiary/aromatic N) is 3. The van der Waals surface area contributed by atoms with E-state index in [0.29, 0.717) is 5.56 Å². The first kappa shape index (κ1) is 20.7. The van der Waals surface area contributed by atoms with E-state index in [-0.39, 0.29) is 22.6 Å². The molecular formula is C23H21N5O2S2. The van der Waals surface area contributed by atoms with Crippen LogP contribution in [0, 0.1) is 24.2 Å². The third-order valence-electron chi connectivity index (χ3n) is 5.80. The molecule has 0 aliphatic heterocycles. The van der Waals surface area contributed by atoms with Crippen molar-refractivity contribution >= 4 is 37.9 Å². The van der Waals surface area contributed by atoms with Crippen molar-refractivity contribution < 1.29 is 8.42 Å². The summed E-state index contributed by atoms with van der Waals surface area (Å²) in [7, 11) is -3.43. The molecule has 0 amide bonds. The van der Waals surface area contributed by atoms with Crippen LogP contribution in [0.1, 0.15) is 23.3 Å². The Labute approximate surface area is 190 Å². The summed E-state index contributed by atoms with van der Waals surface area (Å²) in [6, 6.07) is 10.4. The number of aromatic nitrogens is 3. The number of aryl methyl sites for hydroxylation is 1. The third-order valence-corrected chi connectivity index (χ3v) is 8.63. The van der Waals surface area contributed by atoms with Gasteiger partial charge in [0, 0.05) is 34.9 Å². The van der Waals surface area contributed by atoms with Crippen LogP contribution in [0.25, 0.3) is 21.6 Å². The molecule has 0 bridgehead atoms. The maximum Gasteiger partial charge on any atom is 0.178 e. The zero-order chi connectivity index (χ0) is 22.3. The first-order chi connectivity index (χ1) is 15.4. The summed E-state index contributed by atoms with van der Waals surface area (Å²) in [5.41, 5.74) is 3.11. The highest BCUT2D eigenvalue weighted by atomic mass is 32.2. The first-order valence-corrected chi connectivity index (χ1v) is 12.8. The Bertz CT molecular complexity index is 1440. The van der Waals surface area contributed by atoms with Gasteiger partial charge in [-0.25, -0.2) is 18.4 Å². The van der Waals surface area contributed by atoms with E-state index in [1.807, 2.05) is 37.6 Å². The van der Waals surface area contributed by atoms with Crippen LogP contribution >= 0.6 is 11.3 Å². The van der Waals surface area contributed by atoms with Gasteiger partial charge in [-0.2, -0.15) is 5.26 Å². The van der Waals surface area contributed by atoms with Gasteiger partial charge in [-0.1, -0.05) is 6.07 Å². The topological polar surface area (TPSA) is 112 Å². The zero-order valence-electron chi connectivity index (χ0n) is 17.4. The van der Waals surface area contributed by atoms with Gasteiger partial charge in [0.2, 0.25) is 0 Å². The lowest BCUT2D eigenvalue weighted by Crippen LogP contribution is -2.39. The number of fused-ring (bicyclic) bond motifs is 1. The number of thiazole rings is 1. The van der Waals surface area contributed by atoms with Crippen LogP contribution < -0.4 is 5.32 Å². The Morgan fingerprint density at radius 1 is 1.25 bits per heavy atom. The Balaban J connectivity index is 1.32. The van der Waals surface area contributed by atoms with E-state index in [1.54, 1.807) is 29.5 Å². The molecular weight excluding hydrogens is 442 g/mol. The lowest BCUT2D eigenvalue weighted by Gasteiger charge is -2.36. The minimum atomic E-state index is -3.43. The summed E-state index contributed by atoms with van der Waals surface area (Å²) in [5.74, 6) is 0.173. The molecule has 0 atom stereocenters. The minimum absolute atomic E-state index is 0.0809. The molecule has 2 N–H and O–H groups in total. The zero-order valence-corrected chi connectivity index (χ0v) is 19.0. The van der Waals surface area contributed by atoms with E-state index in [4.69, 9.17) is 5.26 Å². The molecule has 0 saturated heterocycles. The number of benzene rings is 1. The molecule has 0 spiro atoms. The Morgan fingerprint density at radius 2 is 2.09 bits per heavy atom. The van der Waals surface area contributed by atoms with Crippen molar-refractivity contribution in [3.63, 3.8) is 0 Å². The fraction of sp³-hybridized carbons (Fsp3) is 0.261. The molecule has 1 fully saturated rings. The first-order valence-electron chi connectivity index (χ1n) is 10.3. The molecule has 7 nitrogen and oxygen atoms in total. The van der Waals surface area contributed by atoms with E-state index < -0.39 is 9.84 Å². The SMILES string of the molecule is Cc1cnc(-c2cnc3[nH]ccc3c2NC2CC(CS(=O)(=O)c3cccc(C#N)c3)C2)s1. The highest BCUT2D eigenvalue weighted by Gasteiger charge is 2.34. The average Bonchev–Trinajstić information content (AvgIpc) is 3.41. The smallest absolute Gasteiger partial charge is 0.178 e. The fourth-order valence-corrected chi connectivity index (χ4v) is 6.62. The average molecular weight is 464 g/mol. The molecule has 32 heavy (non-hydrogen) atoms. The predicted molar refractivity (Wildman–Crippen MR) is 125 cm³/mol. The molecule has 1 aliphatic carbocycles. The third kappa shape index (κ3) is 3.87. The number of H-pyrrole nitrogens is 1. The molecule has 3 heterocycles. The van der Waals surface area contributed by atoms with Crippen LogP contribution in [0.4, 0.5) is 5.69 Å². The van der Waals surface area contributed by atoms with Gasteiger partial charge in [-0.05, 0) is 49.9 Å². The van der Waals surface area contributed by atoms with Gasteiger partial charge in [-0.3, -0.25) is 0 Å². The lowest BCUT2D eigenvalue weighted by molar-refractivity contribution is 0.311. The van der Waals surface area contributed by atoms with Crippen LogP contribution in [0.3, 0.4) is 0 Å². The van der Waals surface area contributed by atoms with Crippen molar-refractivity contribution in [1.29, 1.82) is 5.26 Å². The second-order valence-corrected chi connectivity index (χ2v) is 11.4. The summed E-state index contributed by atoms with van der Waals surface area (Å²) in [6.45, 7) is 2.03. The number of hydrogen-bond donors (Lipinski definition) is 2. The second kappa shape index (κ2) is 8.04. The Morgan fingerprint density at radius 3 is 2.84 bits per heavy atom. The van der Waals surface area contributed by atoms with Gasteiger partial charge < -0.3 is 10.3 Å². The van der Waals surface area contributed by atoms with Crippen LogP contribution in [-0.4, -0.2) is 35.2 Å². The van der Waals surface area contributed by atoms with Crippen molar-refractivity contribution in [2.75, 3.05) is 11.1 Å². The van der Waals surface area contributed by atoms with Gasteiger partial charge in [0.25, 0.3) is 0 Å². The van der Waals surface area contributed by atoms with E-state index in [2.05, 4.69) is 20.3 Å². The fourth-order valence-electron chi connectivity index (χ4n) is 4.16. The van der Waals surface area contributed by atoms with Crippen molar-refractivity contribution in [3.8, 4) is 16.6 Å². The highest BCUT2D eigenvalue weighted by Crippen LogP contribution is 2.39. The van der Waals surface area contributed by atoms with Gasteiger partial charge in [-0.15, -0.1) is 11.3 Å². The monoisotopic (exact) mass is 463 g/mol. The predicted octanol–water partition coefficient (Wildman–Crippen LogP) is 4.53. The van der Waals surface area contributed by atoms with Crippen LogP contribution in [-0.2, 0) is 9.84 Å². The molecule has 9 heteroatoms. The second-order valence-electron chi connectivity index (χ2n) is 8.16. The molecule has 4 aromatic rings. The van der Waals surface area contributed by atoms with Gasteiger partial charge in [0.1, 0.15) is 10.7 Å². The molecule has 162 valence electrons. The molecule has 1 aromatic carbocycles. The number of anilines is 1. The van der Waals surface area contributed by atoms with Gasteiger partial charge in [0.05, 0.1) is 33.5 Å². The normalized spacial score (nSPS) is 18.2. The van der Waals surface area contributed by atoms with Crippen LogP contribution in [0.5, 0.6) is 0 Å². The number of nitriles is 1. The van der Waals surface area contributed by atoms with Crippen molar-refractivity contribution in [1.82, 2.24) is 15.0 Å². The molecule has 5 rings (SSSR count). The number of hydrogen-bond acceptors (Lipinski definition) is 7. The summed E-state index contributed by atoms with van der Waals surface area (Å²) < 4.78 is 25.6. The van der Waals surface area contributed by atoms with E-state index >= 15 is 0 Å². The summed E-state index contributed by atoms with van der Waals surface area (Å²) in [5, 5.41) is 14.6. The molecule has 1 saturated carbocycles. The number of pyridine rings is 1. The Kier molecular flexibility index (Phi) is 5.19. The minimum Gasteiger partial charge on any atom is -0.381 e. The molecule has 1 aliphatic rings. The van der Waals surface area contributed by atoms with Crippen molar-refractivity contribution in [3.05, 3.63) is 59.4 Å². The highest BCUT2D eigenvalue weighted by molar-refractivity contribution is 7.91. The van der Waals surface area contributed by atoms with E-state index in [9.17, 15) is 8.42 Å². The maximum atomic E-state index is 12.8. The number of aromatic amines is 1. The molecule has 0 radical (unpaired) electrons. The van der Waals surface area contributed by atoms with E-state index in [1.165, 1.54) is 6.07 Å². The number of sulfone groups is 1. The lowest BCUT2D eigenvalue weighted by atomic mass is 9.81. The molecule has 3 aromatic heterocycles. The molecule has 0 unspecified atom stereocenters. The van der Waals surface area contributed by atoms with Crippen molar-refractivity contribution in [2.45, 2.75) is 30.7 Å². The Hall–Kier alpha value is -3.22. The number of rotatable bonds is 6. The summed E-state index contributed by atoms with van der Waals surface area (Å²) in [6.07, 6.45) is 7.09.